The first kappa shape index (κ1) is 9.98. The van der Waals surface area contributed by atoms with Crippen LogP contribution >= 0.6 is 0 Å². The maximum atomic E-state index is 11.1. The van der Waals surface area contributed by atoms with Crippen molar-refractivity contribution in [2.24, 2.45) is 5.92 Å². The Labute approximate surface area is 75.3 Å². The van der Waals surface area contributed by atoms with E-state index in [1.807, 2.05) is 0 Å². The summed E-state index contributed by atoms with van der Waals surface area (Å²) in [4.78, 5) is 21.9. The highest BCUT2D eigenvalue weighted by Gasteiger charge is 2.63. The van der Waals surface area contributed by atoms with Crippen LogP contribution in [0.1, 0.15) is 20.8 Å². The van der Waals surface area contributed by atoms with Crippen LogP contribution in [0.3, 0.4) is 0 Å². The van der Waals surface area contributed by atoms with E-state index in [9.17, 15) is 14.7 Å². The standard InChI is InChI=1S/C8H12O5/c1-4-5(9)13-8(3,6(10)11)7(4,2)12/h4,12H,1-3H3,(H,10,11). The largest absolute Gasteiger partial charge is 0.478 e. The first-order valence-electron chi connectivity index (χ1n) is 3.92. The van der Waals surface area contributed by atoms with Crippen molar-refractivity contribution in [2.75, 3.05) is 0 Å². The van der Waals surface area contributed by atoms with Crippen LogP contribution in [0.4, 0.5) is 0 Å². The van der Waals surface area contributed by atoms with Crippen LogP contribution < -0.4 is 0 Å². The molecule has 1 saturated heterocycles. The minimum atomic E-state index is -1.84. The third-order valence-corrected chi connectivity index (χ3v) is 2.88. The van der Waals surface area contributed by atoms with E-state index in [1.54, 1.807) is 0 Å². The third-order valence-electron chi connectivity index (χ3n) is 2.88. The fourth-order valence-corrected chi connectivity index (χ4v) is 1.30. The lowest BCUT2D eigenvalue weighted by Crippen LogP contribution is -2.54. The lowest BCUT2D eigenvalue weighted by molar-refractivity contribution is -0.181. The molecule has 74 valence electrons. The van der Waals surface area contributed by atoms with E-state index in [0.717, 1.165) is 0 Å². The number of carboxylic acid groups (broad SMARTS) is 1. The second-order valence-corrected chi connectivity index (χ2v) is 3.63. The van der Waals surface area contributed by atoms with Gasteiger partial charge in [0, 0.05) is 0 Å². The van der Waals surface area contributed by atoms with E-state index < -0.39 is 29.1 Å². The molecular weight excluding hydrogens is 176 g/mol. The fraction of sp³-hybridized carbons (Fsp3) is 0.750. The van der Waals surface area contributed by atoms with Gasteiger partial charge in [-0.05, 0) is 20.8 Å². The molecule has 0 saturated carbocycles. The number of aliphatic carboxylic acids is 1. The van der Waals surface area contributed by atoms with Crippen molar-refractivity contribution < 1.29 is 24.5 Å². The van der Waals surface area contributed by atoms with Gasteiger partial charge in [-0.3, -0.25) is 4.79 Å². The van der Waals surface area contributed by atoms with Gasteiger partial charge in [-0.1, -0.05) is 0 Å². The number of rotatable bonds is 1. The van der Waals surface area contributed by atoms with E-state index in [1.165, 1.54) is 20.8 Å². The van der Waals surface area contributed by atoms with Gasteiger partial charge in [0.2, 0.25) is 5.60 Å². The number of hydrogen-bond donors (Lipinski definition) is 2. The van der Waals surface area contributed by atoms with Crippen molar-refractivity contribution in [3.8, 4) is 0 Å². The van der Waals surface area contributed by atoms with E-state index in [2.05, 4.69) is 4.74 Å². The molecule has 3 atom stereocenters. The Morgan fingerprint density at radius 3 is 2.15 bits per heavy atom. The first-order chi connectivity index (χ1) is 5.73. The minimum absolute atomic E-state index is 0.685. The summed E-state index contributed by atoms with van der Waals surface area (Å²) in [6.45, 7) is 3.92. The average molecular weight is 188 g/mol. The summed E-state index contributed by atoms with van der Waals surface area (Å²) in [6.07, 6.45) is 0. The minimum Gasteiger partial charge on any atom is -0.478 e. The zero-order chi connectivity index (χ0) is 10.4. The highest BCUT2D eigenvalue weighted by molar-refractivity contribution is 5.89. The van der Waals surface area contributed by atoms with Crippen LogP contribution in [-0.2, 0) is 14.3 Å². The van der Waals surface area contributed by atoms with Crippen LogP contribution in [0.5, 0.6) is 0 Å². The van der Waals surface area contributed by atoms with Crippen molar-refractivity contribution in [1.29, 1.82) is 0 Å². The van der Waals surface area contributed by atoms with Gasteiger partial charge >= 0.3 is 11.9 Å². The molecule has 3 unspecified atom stereocenters. The summed E-state index contributed by atoms with van der Waals surface area (Å²) in [5.41, 5.74) is -3.51. The smallest absolute Gasteiger partial charge is 0.350 e. The molecule has 0 aliphatic carbocycles. The molecule has 5 nitrogen and oxygen atoms in total. The summed E-state index contributed by atoms with van der Waals surface area (Å²) >= 11 is 0. The Bertz CT molecular complexity index is 268. The van der Waals surface area contributed by atoms with Gasteiger partial charge in [-0.25, -0.2) is 4.79 Å². The molecule has 1 fully saturated rings. The maximum absolute atomic E-state index is 11.1. The number of aliphatic hydroxyl groups is 1. The molecule has 0 aromatic heterocycles. The number of cyclic esters (lactones) is 1. The predicted octanol–water partition coefficient (Wildman–Crippen LogP) is -0.226. The van der Waals surface area contributed by atoms with Crippen LogP contribution in [0.2, 0.25) is 0 Å². The zero-order valence-electron chi connectivity index (χ0n) is 7.70. The monoisotopic (exact) mass is 188 g/mol. The number of hydrogen-bond acceptors (Lipinski definition) is 4. The lowest BCUT2D eigenvalue weighted by Gasteiger charge is -2.31. The van der Waals surface area contributed by atoms with Crippen LogP contribution in [0, 0.1) is 5.92 Å². The molecule has 1 aliphatic rings. The van der Waals surface area contributed by atoms with Gasteiger partial charge in [0.25, 0.3) is 0 Å². The first-order valence-corrected chi connectivity index (χ1v) is 3.92. The molecule has 0 radical (unpaired) electrons. The Morgan fingerprint density at radius 2 is 2.00 bits per heavy atom. The van der Waals surface area contributed by atoms with Gasteiger partial charge in [-0.15, -0.1) is 0 Å². The normalized spacial score (nSPS) is 44.6. The molecule has 1 aliphatic heterocycles. The predicted molar refractivity (Wildman–Crippen MR) is 41.9 cm³/mol. The topological polar surface area (TPSA) is 83.8 Å². The second-order valence-electron chi connectivity index (χ2n) is 3.63. The molecule has 13 heavy (non-hydrogen) atoms. The molecule has 1 heterocycles. The summed E-state index contributed by atoms with van der Waals surface area (Å²) in [6, 6.07) is 0. The number of ether oxygens (including phenoxy) is 1. The average Bonchev–Trinajstić information content (AvgIpc) is 2.14. The van der Waals surface area contributed by atoms with Crippen molar-refractivity contribution in [2.45, 2.75) is 32.0 Å². The molecule has 0 spiro atoms. The van der Waals surface area contributed by atoms with Gasteiger partial charge in [0.1, 0.15) is 5.60 Å². The summed E-state index contributed by atoms with van der Waals surface area (Å²) < 4.78 is 4.65. The zero-order valence-corrected chi connectivity index (χ0v) is 7.70. The van der Waals surface area contributed by atoms with Crippen LogP contribution in [-0.4, -0.2) is 33.4 Å². The molecule has 0 aromatic carbocycles. The maximum Gasteiger partial charge on any atom is 0.350 e. The summed E-state index contributed by atoms with van der Waals surface area (Å²) in [5, 5.41) is 18.6. The quantitative estimate of drug-likeness (QED) is 0.555. The Hall–Kier alpha value is -1.10. The highest BCUT2D eigenvalue weighted by atomic mass is 16.6. The Balaban J connectivity index is 3.17. The Morgan fingerprint density at radius 1 is 1.54 bits per heavy atom. The Kier molecular flexibility index (Phi) is 1.88. The molecule has 2 N–H and O–H groups in total. The molecule has 5 heteroatoms. The van der Waals surface area contributed by atoms with Crippen molar-refractivity contribution in [1.82, 2.24) is 0 Å². The molecule has 1 rings (SSSR count). The van der Waals surface area contributed by atoms with E-state index >= 15 is 0 Å². The molecule has 0 bridgehead atoms. The van der Waals surface area contributed by atoms with E-state index in [-0.39, 0.29) is 0 Å². The van der Waals surface area contributed by atoms with Crippen LogP contribution in [0.25, 0.3) is 0 Å². The molecule has 0 amide bonds. The third kappa shape index (κ3) is 1.03. The second kappa shape index (κ2) is 2.45. The van der Waals surface area contributed by atoms with Crippen molar-refractivity contribution in [3.05, 3.63) is 0 Å². The number of esters is 1. The van der Waals surface area contributed by atoms with Gasteiger partial charge in [0.05, 0.1) is 5.92 Å². The summed E-state index contributed by atoms with van der Waals surface area (Å²) in [7, 11) is 0. The van der Waals surface area contributed by atoms with E-state index in [4.69, 9.17) is 5.11 Å². The lowest BCUT2D eigenvalue weighted by atomic mass is 9.80. The van der Waals surface area contributed by atoms with E-state index in [0.29, 0.717) is 0 Å². The number of carboxylic acids is 1. The summed E-state index contributed by atoms with van der Waals surface area (Å²) in [5.74, 6) is -2.85. The van der Waals surface area contributed by atoms with Crippen LogP contribution in [0.15, 0.2) is 0 Å². The number of carbonyl (C=O) groups is 2. The fourth-order valence-electron chi connectivity index (χ4n) is 1.30. The van der Waals surface area contributed by atoms with Gasteiger partial charge in [0.15, 0.2) is 0 Å². The van der Waals surface area contributed by atoms with Gasteiger partial charge in [-0.2, -0.15) is 0 Å². The SMILES string of the molecule is CC1C(=O)OC(C)(C(=O)O)C1(C)O. The van der Waals surface area contributed by atoms with Gasteiger partial charge < -0.3 is 14.9 Å². The number of carbonyl (C=O) groups excluding carboxylic acids is 1. The molecule has 0 aromatic rings. The van der Waals surface area contributed by atoms with Crippen molar-refractivity contribution in [3.63, 3.8) is 0 Å². The highest BCUT2D eigenvalue weighted by Crippen LogP contribution is 2.40. The molecular formula is C8H12O5. The van der Waals surface area contributed by atoms with Crippen molar-refractivity contribution >= 4 is 11.9 Å².